The molecule has 0 unspecified atom stereocenters. The van der Waals surface area contributed by atoms with Gasteiger partial charge in [-0.2, -0.15) is 0 Å². The fourth-order valence-corrected chi connectivity index (χ4v) is 2.22. The Morgan fingerprint density at radius 2 is 1.74 bits per heavy atom. The number of hydrogen-bond donors (Lipinski definition) is 1. The number of rotatable bonds is 3. The van der Waals surface area contributed by atoms with Crippen LogP contribution in [0.15, 0.2) is 36.4 Å². The summed E-state index contributed by atoms with van der Waals surface area (Å²) in [6.45, 7) is 6.10. The molecule has 2 rings (SSSR count). The number of aromatic hydroxyl groups is 1. The maximum atomic E-state index is 10.7. The van der Waals surface area contributed by atoms with Gasteiger partial charge in [0, 0.05) is 5.56 Å². The smallest absolute Gasteiger partial charge is 0.150 e. The van der Waals surface area contributed by atoms with Crippen molar-refractivity contribution in [3.63, 3.8) is 0 Å². The molecule has 0 saturated carbocycles. The van der Waals surface area contributed by atoms with Crippen LogP contribution in [0.3, 0.4) is 0 Å². The van der Waals surface area contributed by atoms with Gasteiger partial charge in [0.05, 0.1) is 0 Å². The van der Waals surface area contributed by atoms with Crippen LogP contribution in [-0.4, -0.2) is 11.4 Å². The monoisotopic (exact) mass is 254 g/mol. The maximum Gasteiger partial charge on any atom is 0.150 e. The van der Waals surface area contributed by atoms with Crippen LogP contribution >= 0.6 is 0 Å². The van der Waals surface area contributed by atoms with E-state index in [1.165, 1.54) is 0 Å². The summed E-state index contributed by atoms with van der Waals surface area (Å²) in [7, 11) is 0. The fraction of sp³-hybridized carbons (Fsp3) is 0.235. The van der Waals surface area contributed by atoms with Crippen molar-refractivity contribution in [2.75, 3.05) is 0 Å². The largest absolute Gasteiger partial charge is 0.508 e. The molecular weight excluding hydrogens is 236 g/mol. The molecule has 0 amide bonds. The molecule has 0 aliphatic rings. The second-order valence-corrected chi connectivity index (χ2v) is 5.12. The number of hydrogen-bond acceptors (Lipinski definition) is 2. The first kappa shape index (κ1) is 13.3. The Balaban J connectivity index is 2.54. The zero-order valence-corrected chi connectivity index (χ0v) is 11.5. The van der Waals surface area contributed by atoms with Crippen molar-refractivity contribution in [2.45, 2.75) is 26.7 Å². The van der Waals surface area contributed by atoms with E-state index in [0.29, 0.717) is 11.3 Å². The van der Waals surface area contributed by atoms with Crippen molar-refractivity contribution >= 4 is 6.29 Å². The number of phenolic OH excluding ortho intramolecular Hbond substituents is 1. The summed E-state index contributed by atoms with van der Waals surface area (Å²) in [5, 5.41) is 9.97. The molecule has 2 heteroatoms. The van der Waals surface area contributed by atoms with E-state index in [9.17, 15) is 9.90 Å². The van der Waals surface area contributed by atoms with Gasteiger partial charge >= 0.3 is 0 Å². The zero-order chi connectivity index (χ0) is 14.0. The van der Waals surface area contributed by atoms with Crippen molar-refractivity contribution in [3.8, 4) is 16.9 Å². The van der Waals surface area contributed by atoms with Gasteiger partial charge in [-0.05, 0) is 47.2 Å². The van der Waals surface area contributed by atoms with Crippen LogP contribution in [0, 0.1) is 6.92 Å². The molecule has 2 aromatic carbocycles. The summed E-state index contributed by atoms with van der Waals surface area (Å²) in [5.41, 5.74) is 4.80. The molecule has 0 atom stereocenters. The van der Waals surface area contributed by atoms with E-state index in [0.717, 1.165) is 28.5 Å². The Morgan fingerprint density at radius 1 is 1.11 bits per heavy atom. The van der Waals surface area contributed by atoms with Gasteiger partial charge in [-0.25, -0.2) is 0 Å². The summed E-state index contributed by atoms with van der Waals surface area (Å²) in [6.07, 6.45) is 0.840. The Kier molecular flexibility index (Phi) is 3.70. The third-order valence-corrected chi connectivity index (χ3v) is 3.35. The third kappa shape index (κ3) is 2.68. The van der Waals surface area contributed by atoms with Crippen LogP contribution in [0.5, 0.6) is 5.75 Å². The van der Waals surface area contributed by atoms with Crippen LogP contribution < -0.4 is 0 Å². The van der Waals surface area contributed by atoms with Crippen molar-refractivity contribution in [2.24, 2.45) is 0 Å². The lowest BCUT2D eigenvalue weighted by molar-refractivity contribution is 0.112. The molecule has 19 heavy (non-hydrogen) atoms. The van der Waals surface area contributed by atoms with E-state index in [-0.39, 0.29) is 5.92 Å². The average molecular weight is 254 g/mol. The fourth-order valence-electron chi connectivity index (χ4n) is 2.22. The Bertz CT molecular complexity index is 595. The first-order valence-corrected chi connectivity index (χ1v) is 6.42. The summed E-state index contributed by atoms with van der Waals surface area (Å²) in [4.78, 5) is 10.7. The maximum absolute atomic E-state index is 10.7. The van der Waals surface area contributed by atoms with Gasteiger partial charge in [0.1, 0.15) is 12.0 Å². The minimum Gasteiger partial charge on any atom is -0.508 e. The van der Waals surface area contributed by atoms with Gasteiger partial charge in [0.25, 0.3) is 0 Å². The van der Waals surface area contributed by atoms with E-state index in [1.807, 2.05) is 37.3 Å². The Labute approximate surface area is 113 Å². The molecule has 0 fully saturated rings. The molecule has 2 nitrogen and oxygen atoms in total. The predicted molar refractivity (Wildman–Crippen MR) is 77.8 cm³/mol. The van der Waals surface area contributed by atoms with E-state index >= 15 is 0 Å². The molecule has 0 heterocycles. The second kappa shape index (κ2) is 5.27. The number of carbonyl (C=O) groups excluding carboxylic acids is 1. The van der Waals surface area contributed by atoms with E-state index in [4.69, 9.17) is 0 Å². The molecule has 98 valence electrons. The molecule has 0 aromatic heterocycles. The minimum absolute atomic E-state index is 0.272. The topological polar surface area (TPSA) is 37.3 Å². The highest BCUT2D eigenvalue weighted by atomic mass is 16.3. The first-order valence-electron chi connectivity index (χ1n) is 6.42. The number of benzene rings is 2. The molecule has 0 radical (unpaired) electrons. The van der Waals surface area contributed by atoms with Gasteiger partial charge in [-0.1, -0.05) is 38.1 Å². The van der Waals surface area contributed by atoms with Crippen LogP contribution in [0.1, 0.15) is 41.3 Å². The van der Waals surface area contributed by atoms with Crippen molar-refractivity contribution in [3.05, 3.63) is 53.1 Å². The van der Waals surface area contributed by atoms with Crippen LogP contribution in [-0.2, 0) is 0 Å². The predicted octanol–water partition coefficient (Wildman–Crippen LogP) is 4.30. The highest BCUT2D eigenvalue weighted by molar-refractivity contribution is 5.78. The Hall–Kier alpha value is -2.09. The number of carbonyl (C=O) groups is 1. The van der Waals surface area contributed by atoms with Crippen molar-refractivity contribution < 1.29 is 9.90 Å². The van der Waals surface area contributed by atoms with Crippen LogP contribution in [0.25, 0.3) is 11.1 Å². The summed E-state index contributed by atoms with van der Waals surface area (Å²) in [5.74, 6) is 0.620. The van der Waals surface area contributed by atoms with E-state index < -0.39 is 0 Å². The molecule has 0 bridgehead atoms. The van der Waals surface area contributed by atoms with E-state index in [2.05, 4.69) is 13.8 Å². The standard InChI is InChI=1S/C17H18O2/c1-11(2)15-9-16(12(3)8-17(15)19)14-6-4-13(10-18)5-7-14/h4-11,19H,1-3H3. The lowest BCUT2D eigenvalue weighted by Crippen LogP contribution is -1.92. The lowest BCUT2D eigenvalue weighted by Gasteiger charge is -2.14. The Morgan fingerprint density at radius 3 is 2.26 bits per heavy atom. The highest BCUT2D eigenvalue weighted by Gasteiger charge is 2.11. The van der Waals surface area contributed by atoms with Gasteiger partial charge in [-0.3, -0.25) is 4.79 Å². The zero-order valence-electron chi connectivity index (χ0n) is 11.5. The highest BCUT2D eigenvalue weighted by Crippen LogP contribution is 2.33. The lowest BCUT2D eigenvalue weighted by atomic mass is 9.92. The first-order chi connectivity index (χ1) is 9.02. The second-order valence-electron chi connectivity index (χ2n) is 5.12. The quantitative estimate of drug-likeness (QED) is 0.829. The van der Waals surface area contributed by atoms with Crippen LogP contribution in [0.4, 0.5) is 0 Å². The number of aldehydes is 1. The van der Waals surface area contributed by atoms with Crippen molar-refractivity contribution in [1.82, 2.24) is 0 Å². The molecule has 0 aliphatic heterocycles. The average Bonchev–Trinajstić information content (AvgIpc) is 2.38. The van der Waals surface area contributed by atoms with E-state index in [1.54, 1.807) is 6.07 Å². The molecule has 0 spiro atoms. The summed E-state index contributed by atoms with van der Waals surface area (Å²) >= 11 is 0. The minimum atomic E-state index is 0.272. The summed E-state index contributed by atoms with van der Waals surface area (Å²) < 4.78 is 0. The van der Waals surface area contributed by atoms with Gasteiger partial charge < -0.3 is 5.11 Å². The number of phenols is 1. The molecule has 1 N–H and O–H groups in total. The van der Waals surface area contributed by atoms with Gasteiger partial charge in [-0.15, -0.1) is 0 Å². The van der Waals surface area contributed by atoms with Gasteiger partial charge in [0.2, 0.25) is 0 Å². The molecule has 2 aromatic rings. The molecular formula is C17H18O2. The molecule has 0 aliphatic carbocycles. The third-order valence-electron chi connectivity index (χ3n) is 3.35. The van der Waals surface area contributed by atoms with Gasteiger partial charge in [0.15, 0.2) is 0 Å². The molecule has 0 saturated heterocycles. The summed E-state index contributed by atoms with van der Waals surface area (Å²) in [6, 6.07) is 11.3. The van der Waals surface area contributed by atoms with Crippen LogP contribution in [0.2, 0.25) is 0 Å². The van der Waals surface area contributed by atoms with Crippen molar-refractivity contribution in [1.29, 1.82) is 0 Å². The number of aryl methyl sites for hydroxylation is 1. The normalized spacial score (nSPS) is 10.7. The SMILES string of the molecule is Cc1cc(O)c(C(C)C)cc1-c1ccc(C=O)cc1.